The van der Waals surface area contributed by atoms with E-state index in [1.54, 1.807) is 26.0 Å². The summed E-state index contributed by atoms with van der Waals surface area (Å²) in [4.78, 5) is 36.8. The third-order valence-corrected chi connectivity index (χ3v) is 6.49. The molecule has 0 saturated heterocycles. The molecule has 0 aliphatic carbocycles. The summed E-state index contributed by atoms with van der Waals surface area (Å²) in [6.45, 7) is 2.78. The van der Waals surface area contributed by atoms with Gasteiger partial charge in [-0.2, -0.15) is 0 Å². The molecular weight excluding hydrogens is 430 g/mol. The van der Waals surface area contributed by atoms with E-state index in [1.807, 2.05) is 0 Å². The Bertz CT molecular complexity index is 1150. The number of thioether (sulfide) groups is 1. The van der Waals surface area contributed by atoms with Crippen LogP contribution < -0.4 is 15.8 Å². The SMILES string of the molecule is Cc1ccc(NC(=O)COC(=O)c2ccc3c(c2)NC(=O)[C@@H](C)S3)cc1S(N)(=O)=O. The second-order valence-electron chi connectivity index (χ2n) is 6.61. The van der Waals surface area contributed by atoms with Crippen molar-refractivity contribution < 1.29 is 27.5 Å². The molecule has 0 aromatic heterocycles. The third kappa shape index (κ3) is 4.99. The van der Waals surface area contributed by atoms with Crippen molar-refractivity contribution in [1.82, 2.24) is 0 Å². The molecule has 11 heteroatoms. The molecule has 0 unspecified atom stereocenters. The van der Waals surface area contributed by atoms with Gasteiger partial charge in [-0.15, -0.1) is 11.8 Å². The number of amides is 2. The van der Waals surface area contributed by atoms with E-state index < -0.39 is 28.5 Å². The van der Waals surface area contributed by atoms with Gasteiger partial charge in [-0.25, -0.2) is 18.4 Å². The Hall–Kier alpha value is -2.89. The van der Waals surface area contributed by atoms with Crippen LogP contribution in [0, 0.1) is 6.92 Å². The Kier molecular flexibility index (Phi) is 6.15. The first kappa shape index (κ1) is 21.8. The predicted octanol–water partition coefficient (Wildman–Crippen LogP) is 1.87. The van der Waals surface area contributed by atoms with Gasteiger partial charge >= 0.3 is 5.97 Å². The average Bonchev–Trinajstić information content (AvgIpc) is 2.67. The fraction of sp³-hybridized carbons (Fsp3) is 0.211. The molecule has 4 N–H and O–H groups in total. The number of hydrogen-bond acceptors (Lipinski definition) is 7. The van der Waals surface area contributed by atoms with Crippen molar-refractivity contribution in [2.75, 3.05) is 17.2 Å². The van der Waals surface area contributed by atoms with Gasteiger partial charge in [-0.05, 0) is 49.7 Å². The highest BCUT2D eigenvalue weighted by molar-refractivity contribution is 8.01. The first-order valence-corrected chi connectivity index (χ1v) is 11.2. The maximum Gasteiger partial charge on any atom is 0.338 e. The van der Waals surface area contributed by atoms with Crippen LogP contribution in [-0.4, -0.2) is 38.1 Å². The Morgan fingerprint density at radius 1 is 1.23 bits per heavy atom. The van der Waals surface area contributed by atoms with E-state index in [0.29, 0.717) is 11.3 Å². The van der Waals surface area contributed by atoms with Crippen molar-refractivity contribution in [2.24, 2.45) is 5.14 Å². The molecule has 30 heavy (non-hydrogen) atoms. The zero-order valence-electron chi connectivity index (χ0n) is 16.1. The summed E-state index contributed by atoms with van der Waals surface area (Å²) in [5, 5.41) is 10.1. The zero-order chi connectivity index (χ0) is 22.1. The molecule has 0 fully saturated rings. The first-order chi connectivity index (χ1) is 14.0. The van der Waals surface area contributed by atoms with Crippen molar-refractivity contribution in [2.45, 2.75) is 28.9 Å². The van der Waals surface area contributed by atoms with E-state index in [9.17, 15) is 22.8 Å². The van der Waals surface area contributed by atoms with Gasteiger partial charge in [0.15, 0.2) is 6.61 Å². The molecule has 9 nitrogen and oxygen atoms in total. The molecule has 1 heterocycles. The second kappa shape index (κ2) is 8.46. The molecule has 2 aromatic rings. The molecule has 1 aliphatic heterocycles. The third-order valence-electron chi connectivity index (χ3n) is 4.26. The van der Waals surface area contributed by atoms with Crippen LogP contribution in [0.2, 0.25) is 0 Å². The van der Waals surface area contributed by atoms with Gasteiger partial charge in [0, 0.05) is 10.6 Å². The van der Waals surface area contributed by atoms with Crippen LogP contribution in [-0.2, 0) is 24.3 Å². The Balaban J connectivity index is 1.62. The number of esters is 1. The summed E-state index contributed by atoms with van der Waals surface area (Å²) in [7, 11) is -3.94. The van der Waals surface area contributed by atoms with Crippen molar-refractivity contribution in [3.63, 3.8) is 0 Å². The summed E-state index contributed by atoms with van der Waals surface area (Å²) in [6, 6.07) is 8.98. The van der Waals surface area contributed by atoms with E-state index in [4.69, 9.17) is 9.88 Å². The molecule has 1 aliphatic rings. The predicted molar refractivity (Wildman–Crippen MR) is 112 cm³/mol. The van der Waals surface area contributed by atoms with Crippen LogP contribution in [0.1, 0.15) is 22.8 Å². The van der Waals surface area contributed by atoms with Gasteiger partial charge in [-0.1, -0.05) is 6.07 Å². The van der Waals surface area contributed by atoms with Crippen LogP contribution >= 0.6 is 11.8 Å². The highest BCUT2D eigenvalue weighted by atomic mass is 32.2. The largest absolute Gasteiger partial charge is 0.452 e. The lowest BCUT2D eigenvalue weighted by Crippen LogP contribution is -2.26. The smallest absolute Gasteiger partial charge is 0.338 e. The molecule has 0 spiro atoms. The average molecular weight is 450 g/mol. The van der Waals surface area contributed by atoms with Crippen molar-refractivity contribution in [1.29, 1.82) is 0 Å². The number of carbonyl (C=O) groups excluding carboxylic acids is 3. The quantitative estimate of drug-likeness (QED) is 0.591. The summed E-state index contributed by atoms with van der Waals surface area (Å²) in [5.74, 6) is -1.54. The molecule has 3 rings (SSSR count). The number of nitrogens with one attached hydrogen (secondary N) is 2. The fourth-order valence-electron chi connectivity index (χ4n) is 2.73. The maximum atomic E-state index is 12.2. The lowest BCUT2D eigenvalue weighted by Gasteiger charge is -2.21. The van der Waals surface area contributed by atoms with Crippen molar-refractivity contribution >= 4 is 50.9 Å². The van der Waals surface area contributed by atoms with Crippen LogP contribution in [0.4, 0.5) is 11.4 Å². The molecule has 2 amide bonds. The molecule has 0 radical (unpaired) electrons. The van der Waals surface area contributed by atoms with Crippen LogP contribution in [0.3, 0.4) is 0 Å². The van der Waals surface area contributed by atoms with E-state index >= 15 is 0 Å². The Labute approximate surface area is 177 Å². The van der Waals surface area contributed by atoms with Crippen LogP contribution in [0.25, 0.3) is 0 Å². The number of fused-ring (bicyclic) bond motifs is 1. The number of ether oxygens (including phenoxy) is 1. The Morgan fingerprint density at radius 2 is 1.97 bits per heavy atom. The summed E-state index contributed by atoms with van der Waals surface area (Å²) >= 11 is 1.38. The normalized spacial score (nSPS) is 15.7. The van der Waals surface area contributed by atoms with Gasteiger partial charge in [0.25, 0.3) is 5.91 Å². The van der Waals surface area contributed by atoms with E-state index in [1.165, 1.54) is 36.0 Å². The minimum atomic E-state index is -3.94. The molecule has 2 aromatic carbocycles. The summed E-state index contributed by atoms with van der Waals surface area (Å²) in [5.41, 5.74) is 1.34. The summed E-state index contributed by atoms with van der Waals surface area (Å²) in [6.07, 6.45) is 0. The number of anilines is 2. The number of nitrogens with two attached hydrogens (primary N) is 1. The number of sulfonamides is 1. The van der Waals surface area contributed by atoms with Gasteiger partial charge in [0.05, 0.1) is 21.4 Å². The topological polar surface area (TPSA) is 145 Å². The number of hydrogen-bond donors (Lipinski definition) is 3. The van der Waals surface area contributed by atoms with Crippen LogP contribution in [0.5, 0.6) is 0 Å². The standard InChI is InChI=1S/C19H19N3O6S2/c1-10-3-5-13(8-16(10)30(20,26)27)21-17(23)9-28-19(25)12-4-6-15-14(7-12)22-18(24)11(2)29-15/h3-8,11H,9H2,1-2H3,(H,21,23)(H,22,24)(H2,20,26,27)/t11-/m1/s1. The van der Waals surface area contributed by atoms with Gasteiger partial charge in [-0.3, -0.25) is 9.59 Å². The number of carbonyl (C=O) groups is 3. The lowest BCUT2D eigenvalue weighted by atomic mass is 10.2. The molecule has 0 bridgehead atoms. The second-order valence-corrected chi connectivity index (χ2v) is 9.52. The molecule has 1 atom stereocenters. The van der Waals surface area contributed by atoms with E-state index in [0.717, 1.165) is 4.90 Å². The highest BCUT2D eigenvalue weighted by Gasteiger charge is 2.24. The van der Waals surface area contributed by atoms with Gasteiger partial charge in [0.1, 0.15) is 0 Å². The monoisotopic (exact) mass is 449 g/mol. The van der Waals surface area contributed by atoms with Gasteiger partial charge in [0.2, 0.25) is 15.9 Å². The number of aryl methyl sites for hydroxylation is 1. The minimum absolute atomic E-state index is 0.111. The lowest BCUT2D eigenvalue weighted by molar-refractivity contribution is -0.119. The summed E-state index contributed by atoms with van der Waals surface area (Å²) < 4.78 is 28.2. The van der Waals surface area contributed by atoms with E-state index in [2.05, 4.69) is 10.6 Å². The molecule has 0 saturated carbocycles. The van der Waals surface area contributed by atoms with E-state index in [-0.39, 0.29) is 27.3 Å². The fourth-order valence-corrected chi connectivity index (χ4v) is 4.47. The molecule has 158 valence electrons. The Morgan fingerprint density at radius 3 is 2.67 bits per heavy atom. The maximum absolute atomic E-state index is 12.2. The minimum Gasteiger partial charge on any atom is -0.452 e. The number of primary sulfonamides is 1. The highest BCUT2D eigenvalue weighted by Crippen LogP contribution is 2.36. The van der Waals surface area contributed by atoms with Crippen molar-refractivity contribution in [3.8, 4) is 0 Å². The first-order valence-electron chi connectivity index (χ1n) is 8.76. The molecular formula is C19H19N3O6S2. The van der Waals surface area contributed by atoms with Crippen molar-refractivity contribution in [3.05, 3.63) is 47.5 Å². The number of benzene rings is 2. The number of rotatable bonds is 5. The van der Waals surface area contributed by atoms with Crippen LogP contribution in [0.15, 0.2) is 46.2 Å². The van der Waals surface area contributed by atoms with Gasteiger partial charge < -0.3 is 15.4 Å². The zero-order valence-corrected chi connectivity index (χ0v) is 17.7.